The second-order valence-corrected chi connectivity index (χ2v) is 4.64. The van der Waals surface area contributed by atoms with Crippen molar-refractivity contribution in [2.45, 2.75) is 6.92 Å². The largest absolute Gasteiger partial charge is 0.331 e. The second-order valence-electron chi connectivity index (χ2n) is 4.64. The summed E-state index contributed by atoms with van der Waals surface area (Å²) in [6.07, 6.45) is 3.36. The summed E-state index contributed by atoms with van der Waals surface area (Å²) < 4.78 is 1.82. The van der Waals surface area contributed by atoms with Gasteiger partial charge in [-0.1, -0.05) is 30.3 Å². The van der Waals surface area contributed by atoms with Gasteiger partial charge < -0.3 is 9.55 Å². The van der Waals surface area contributed by atoms with Crippen LogP contribution in [0, 0.1) is 6.92 Å². The molecule has 2 heterocycles. The smallest absolute Gasteiger partial charge is 0.254 e. The molecule has 5 heteroatoms. The third-order valence-corrected chi connectivity index (χ3v) is 3.26. The Morgan fingerprint density at radius 3 is 2.60 bits per heavy atom. The summed E-state index contributed by atoms with van der Waals surface area (Å²) in [4.78, 5) is 23.6. The summed E-state index contributed by atoms with van der Waals surface area (Å²) in [6, 6.07) is 9.69. The van der Waals surface area contributed by atoms with E-state index in [1.54, 1.807) is 19.4 Å². The van der Waals surface area contributed by atoms with Crippen molar-refractivity contribution in [3.63, 3.8) is 0 Å². The van der Waals surface area contributed by atoms with Gasteiger partial charge in [-0.15, -0.1) is 0 Å². The first-order valence-electron chi connectivity index (χ1n) is 6.30. The molecule has 3 rings (SSSR count). The fraction of sp³-hybridized carbons (Fsp3) is 0.133. The fourth-order valence-electron chi connectivity index (χ4n) is 2.12. The third kappa shape index (κ3) is 2.03. The lowest BCUT2D eigenvalue weighted by atomic mass is 10.1. The predicted octanol–water partition coefficient (Wildman–Crippen LogP) is 2.15. The van der Waals surface area contributed by atoms with Gasteiger partial charge in [0, 0.05) is 18.2 Å². The Kier molecular flexibility index (Phi) is 2.95. The zero-order chi connectivity index (χ0) is 14.1. The highest BCUT2D eigenvalue weighted by atomic mass is 16.1. The minimum absolute atomic E-state index is 0.130. The fourth-order valence-corrected chi connectivity index (χ4v) is 2.12. The number of aromatic nitrogens is 4. The van der Waals surface area contributed by atoms with Gasteiger partial charge in [-0.05, 0) is 6.92 Å². The monoisotopic (exact) mass is 266 g/mol. The Labute approximate surface area is 116 Å². The van der Waals surface area contributed by atoms with Crippen molar-refractivity contribution in [3.8, 4) is 22.8 Å². The Bertz CT molecular complexity index is 802. The maximum atomic E-state index is 12.1. The molecule has 0 amide bonds. The Hall–Kier alpha value is -2.69. The molecule has 1 aromatic carbocycles. The van der Waals surface area contributed by atoms with E-state index in [2.05, 4.69) is 15.0 Å². The molecular formula is C15H14N4O. The number of aryl methyl sites for hydroxylation is 1. The molecule has 0 unspecified atom stereocenters. The minimum atomic E-state index is -0.130. The summed E-state index contributed by atoms with van der Waals surface area (Å²) in [5, 5.41) is 0. The van der Waals surface area contributed by atoms with Gasteiger partial charge in [0.2, 0.25) is 0 Å². The first-order chi connectivity index (χ1) is 9.66. The van der Waals surface area contributed by atoms with Crippen LogP contribution in [0.15, 0.2) is 47.7 Å². The number of H-pyrrole nitrogens is 1. The number of benzene rings is 1. The van der Waals surface area contributed by atoms with E-state index in [4.69, 9.17) is 0 Å². The van der Waals surface area contributed by atoms with Crippen LogP contribution >= 0.6 is 0 Å². The molecule has 0 atom stereocenters. The predicted molar refractivity (Wildman–Crippen MR) is 77.2 cm³/mol. The first-order valence-corrected chi connectivity index (χ1v) is 6.30. The molecule has 1 N–H and O–H groups in total. The van der Waals surface area contributed by atoms with Crippen molar-refractivity contribution in [2.24, 2.45) is 7.05 Å². The van der Waals surface area contributed by atoms with Gasteiger partial charge in [-0.2, -0.15) is 0 Å². The number of imidazole rings is 1. The van der Waals surface area contributed by atoms with Crippen LogP contribution in [0.4, 0.5) is 0 Å². The van der Waals surface area contributed by atoms with Crippen molar-refractivity contribution >= 4 is 0 Å². The van der Waals surface area contributed by atoms with Gasteiger partial charge in [0.15, 0.2) is 5.82 Å². The summed E-state index contributed by atoms with van der Waals surface area (Å²) in [7, 11) is 1.87. The number of nitrogens with zero attached hydrogens (tertiary/aromatic N) is 3. The molecule has 20 heavy (non-hydrogen) atoms. The van der Waals surface area contributed by atoms with Gasteiger partial charge >= 0.3 is 0 Å². The molecule has 5 nitrogen and oxygen atoms in total. The molecule has 0 radical (unpaired) electrons. The van der Waals surface area contributed by atoms with Gasteiger partial charge in [0.05, 0.1) is 18.2 Å². The Morgan fingerprint density at radius 2 is 1.95 bits per heavy atom. The molecule has 3 aromatic rings. The second kappa shape index (κ2) is 4.77. The zero-order valence-corrected chi connectivity index (χ0v) is 11.3. The van der Waals surface area contributed by atoms with E-state index in [0.29, 0.717) is 17.1 Å². The normalized spacial score (nSPS) is 10.7. The molecule has 0 aliphatic rings. The van der Waals surface area contributed by atoms with Crippen LogP contribution in [-0.2, 0) is 7.05 Å². The molecule has 0 saturated heterocycles. The summed E-state index contributed by atoms with van der Waals surface area (Å²) >= 11 is 0. The van der Waals surface area contributed by atoms with E-state index in [0.717, 1.165) is 11.3 Å². The van der Waals surface area contributed by atoms with Crippen LogP contribution in [-0.4, -0.2) is 19.5 Å². The first kappa shape index (κ1) is 12.3. The highest BCUT2D eigenvalue weighted by molar-refractivity contribution is 5.65. The van der Waals surface area contributed by atoms with E-state index >= 15 is 0 Å². The van der Waals surface area contributed by atoms with Crippen LogP contribution in [0.5, 0.6) is 0 Å². The minimum Gasteiger partial charge on any atom is -0.331 e. The number of nitrogens with one attached hydrogen (secondary N) is 1. The molecule has 0 bridgehead atoms. The maximum absolute atomic E-state index is 12.1. The summed E-state index contributed by atoms with van der Waals surface area (Å²) in [5.74, 6) is 0.527. The average Bonchev–Trinajstić information content (AvgIpc) is 2.89. The molecule has 0 saturated carbocycles. The van der Waals surface area contributed by atoms with E-state index < -0.39 is 0 Å². The van der Waals surface area contributed by atoms with Crippen molar-refractivity contribution in [1.82, 2.24) is 19.5 Å². The molecule has 0 aliphatic carbocycles. The summed E-state index contributed by atoms with van der Waals surface area (Å²) in [6.45, 7) is 1.78. The standard InChI is InChI=1S/C15H14N4O/c1-10-13(11-6-4-3-5-7-11)17-14(18-15(10)20)12-8-16-9-19(12)2/h3-9H,1-2H3,(H,17,18,20). The van der Waals surface area contributed by atoms with Gasteiger partial charge in [0.1, 0.15) is 5.69 Å². The van der Waals surface area contributed by atoms with Crippen LogP contribution in [0.3, 0.4) is 0 Å². The lowest BCUT2D eigenvalue weighted by Gasteiger charge is -2.08. The Morgan fingerprint density at radius 1 is 1.20 bits per heavy atom. The van der Waals surface area contributed by atoms with Gasteiger partial charge in [0.25, 0.3) is 5.56 Å². The highest BCUT2D eigenvalue weighted by Gasteiger charge is 2.12. The zero-order valence-electron chi connectivity index (χ0n) is 11.3. The van der Waals surface area contributed by atoms with Crippen LogP contribution in [0.25, 0.3) is 22.8 Å². The number of rotatable bonds is 2. The number of hydrogen-bond acceptors (Lipinski definition) is 3. The van der Waals surface area contributed by atoms with Crippen molar-refractivity contribution in [3.05, 3.63) is 58.8 Å². The van der Waals surface area contributed by atoms with Gasteiger partial charge in [-0.3, -0.25) is 4.79 Å². The maximum Gasteiger partial charge on any atom is 0.254 e. The summed E-state index contributed by atoms with van der Waals surface area (Å²) in [5.41, 5.74) is 2.89. The quantitative estimate of drug-likeness (QED) is 0.773. The van der Waals surface area contributed by atoms with E-state index in [-0.39, 0.29) is 5.56 Å². The van der Waals surface area contributed by atoms with Crippen LogP contribution < -0.4 is 5.56 Å². The average molecular weight is 266 g/mol. The SMILES string of the molecule is Cc1c(-c2ccccc2)nc(-c2cncn2C)[nH]c1=O. The molecule has 0 aliphatic heterocycles. The van der Waals surface area contributed by atoms with Gasteiger partial charge in [-0.25, -0.2) is 9.97 Å². The molecule has 2 aromatic heterocycles. The highest BCUT2D eigenvalue weighted by Crippen LogP contribution is 2.21. The lowest BCUT2D eigenvalue weighted by molar-refractivity contribution is 0.905. The number of aromatic amines is 1. The third-order valence-electron chi connectivity index (χ3n) is 3.26. The lowest BCUT2D eigenvalue weighted by Crippen LogP contribution is -2.15. The van der Waals surface area contributed by atoms with Crippen molar-refractivity contribution in [2.75, 3.05) is 0 Å². The number of hydrogen-bond donors (Lipinski definition) is 1. The molecule has 0 fully saturated rings. The van der Waals surface area contributed by atoms with E-state index in [1.165, 1.54) is 0 Å². The van der Waals surface area contributed by atoms with E-state index in [1.807, 2.05) is 41.9 Å². The van der Waals surface area contributed by atoms with E-state index in [9.17, 15) is 4.79 Å². The molecule has 100 valence electrons. The van der Waals surface area contributed by atoms with Crippen LogP contribution in [0.1, 0.15) is 5.56 Å². The molecular weight excluding hydrogens is 252 g/mol. The molecule has 0 spiro atoms. The topological polar surface area (TPSA) is 63.6 Å². The van der Waals surface area contributed by atoms with Crippen molar-refractivity contribution < 1.29 is 0 Å². The van der Waals surface area contributed by atoms with Crippen molar-refractivity contribution in [1.29, 1.82) is 0 Å². The van der Waals surface area contributed by atoms with Crippen LogP contribution in [0.2, 0.25) is 0 Å². The Balaban J connectivity index is 2.24.